The normalized spacial score (nSPS) is 11.6. The van der Waals surface area contributed by atoms with Gasteiger partial charge in [0.1, 0.15) is 5.69 Å². The first-order valence-corrected chi connectivity index (χ1v) is 8.57. The van der Waals surface area contributed by atoms with Crippen LogP contribution >= 0.6 is 0 Å². The van der Waals surface area contributed by atoms with Crippen molar-refractivity contribution < 1.29 is 18.0 Å². The monoisotopic (exact) mass is 382 g/mol. The van der Waals surface area contributed by atoms with Crippen LogP contribution < -0.4 is 10.9 Å². The highest BCUT2D eigenvalue weighted by molar-refractivity contribution is 5.76. The summed E-state index contributed by atoms with van der Waals surface area (Å²) in [6.07, 6.45) is -3.46. The number of carbonyl (C=O) groups is 1. The highest BCUT2D eigenvalue weighted by Gasteiger charge is 2.30. The fraction of sp³-hybridized carbons (Fsp3) is 0.444. The lowest BCUT2D eigenvalue weighted by molar-refractivity contribution is -0.137. The molecule has 9 heteroatoms. The van der Waals surface area contributed by atoms with E-state index in [9.17, 15) is 22.8 Å². The number of H-pyrrole nitrogens is 1. The van der Waals surface area contributed by atoms with Crippen LogP contribution in [0.4, 0.5) is 13.2 Å². The molecule has 6 nitrogen and oxygen atoms in total. The molecule has 1 heterocycles. The van der Waals surface area contributed by atoms with Crippen LogP contribution in [-0.4, -0.2) is 27.6 Å². The summed E-state index contributed by atoms with van der Waals surface area (Å²) in [5.74, 6) is 0.220. The molecule has 2 aromatic rings. The van der Waals surface area contributed by atoms with Gasteiger partial charge < -0.3 is 10.3 Å². The van der Waals surface area contributed by atoms with Crippen molar-refractivity contribution in [3.8, 4) is 11.4 Å². The SMILES string of the molecule is CC(C)CCNC(=O)CCc1nnc(-c2cccc(C(F)(F)F)c2)[nH]c1=O. The molecule has 1 amide bonds. The van der Waals surface area contributed by atoms with Crippen molar-refractivity contribution in [2.24, 2.45) is 5.92 Å². The number of amides is 1. The van der Waals surface area contributed by atoms with Crippen molar-refractivity contribution in [3.63, 3.8) is 0 Å². The van der Waals surface area contributed by atoms with E-state index >= 15 is 0 Å². The fourth-order valence-electron chi connectivity index (χ4n) is 2.32. The van der Waals surface area contributed by atoms with Gasteiger partial charge in [-0.2, -0.15) is 13.2 Å². The van der Waals surface area contributed by atoms with Gasteiger partial charge in [0, 0.05) is 24.9 Å². The zero-order valence-electron chi connectivity index (χ0n) is 15.1. The molecule has 1 aromatic carbocycles. The third-order valence-corrected chi connectivity index (χ3v) is 3.86. The van der Waals surface area contributed by atoms with Gasteiger partial charge in [-0.3, -0.25) is 9.59 Å². The van der Waals surface area contributed by atoms with Crippen LogP contribution in [0.25, 0.3) is 11.4 Å². The number of nitrogens with one attached hydrogen (secondary N) is 2. The van der Waals surface area contributed by atoms with Crippen LogP contribution in [0.5, 0.6) is 0 Å². The van der Waals surface area contributed by atoms with E-state index in [1.165, 1.54) is 12.1 Å². The van der Waals surface area contributed by atoms with Crippen LogP contribution in [-0.2, 0) is 17.4 Å². The van der Waals surface area contributed by atoms with Crippen molar-refractivity contribution >= 4 is 5.91 Å². The number of benzene rings is 1. The first kappa shape index (κ1) is 20.6. The fourth-order valence-corrected chi connectivity index (χ4v) is 2.32. The lowest BCUT2D eigenvalue weighted by Gasteiger charge is -2.08. The maximum absolute atomic E-state index is 12.8. The molecule has 0 aliphatic rings. The number of nitrogens with zero attached hydrogens (tertiary/aromatic N) is 2. The van der Waals surface area contributed by atoms with Crippen LogP contribution in [0.15, 0.2) is 29.1 Å². The van der Waals surface area contributed by atoms with Gasteiger partial charge in [-0.25, -0.2) is 0 Å². The molecule has 0 bridgehead atoms. The van der Waals surface area contributed by atoms with Gasteiger partial charge in [-0.05, 0) is 24.5 Å². The summed E-state index contributed by atoms with van der Waals surface area (Å²) < 4.78 is 38.4. The third kappa shape index (κ3) is 6.19. The quantitative estimate of drug-likeness (QED) is 0.771. The Labute approximate surface area is 154 Å². The van der Waals surface area contributed by atoms with E-state index in [0.29, 0.717) is 12.5 Å². The van der Waals surface area contributed by atoms with Crippen molar-refractivity contribution in [2.45, 2.75) is 39.3 Å². The molecule has 1 aromatic heterocycles. The van der Waals surface area contributed by atoms with Crippen molar-refractivity contribution in [1.82, 2.24) is 20.5 Å². The molecule has 0 aliphatic carbocycles. The zero-order valence-corrected chi connectivity index (χ0v) is 15.1. The van der Waals surface area contributed by atoms with Gasteiger partial charge >= 0.3 is 6.18 Å². The summed E-state index contributed by atoms with van der Waals surface area (Å²) in [7, 11) is 0. The van der Waals surface area contributed by atoms with E-state index in [2.05, 4.69) is 20.5 Å². The van der Waals surface area contributed by atoms with Crippen LogP contribution in [0.1, 0.15) is 37.9 Å². The van der Waals surface area contributed by atoms with E-state index in [1.54, 1.807) is 0 Å². The molecular weight excluding hydrogens is 361 g/mol. The topological polar surface area (TPSA) is 87.7 Å². The Morgan fingerprint density at radius 1 is 1.26 bits per heavy atom. The molecule has 0 saturated heterocycles. The summed E-state index contributed by atoms with van der Waals surface area (Å²) in [6.45, 7) is 4.66. The minimum atomic E-state index is -4.49. The minimum Gasteiger partial charge on any atom is -0.356 e. The van der Waals surface area contributed by atoms with E-state index in [1.807, 2.05) is 13.8 Å². The largest absolute Gasteiger partial charge is 0.416 e. The summed E-state index contributed by atoms with van der Waals surface area (Å²) in [5, 5.41) is 10.3. The second-order valence-corrected chi connectivity index (χ2v) is 6.56. The highest BCUT2D eigenvalue weighted by atomic mass is 19.4. The van der Waals surface area contributed by atoms with Gasteiger partial charge in [0.05, 0.1) is 5.56 Å². The van der Waals surface area contributed by atoms with Crippen LogP contribution in [0.2, 0.25) is 0 Å². The molecule has 0 aliphatic heterocycles. The zero-order chi connectivity index (χ0) is 20.0. The minimum absolute atomic E-state index is 0.0590. The first-order valence-electron chi connectivity index (χ1n) is 8.57. The number of aromatic nitrogens is 3. The standard InChI is InChI=1S/C18H21F3N4O2/c1-11(2)8-9-22-15(26)7-6-14-17(27)23-16(25-24-14)12-4-3-5-13(10-12)18(19,20)21/h3-5,10-11H,6-9H2,1-2H3,(H,22,26)(H,23,25,27). The summed E-state index contributed by atoms with van der Waals surface area (Å²) in [5.41, 5.74) is -1.26. The lowest BCUT2D eigenvalue weighted by atomic mass is 10.1. The van der Waals surface area contributed by atoms with Crippen LogP contribution in [0, 0.1) is 5.92 Å². The Bertz CT molecular complexity index is 847. The summed E-state index contributed by atoms with van der Waals surface area (Å²) >= 11 is 0. The first-order chi connectivity index (χ1) is 12.7. The predicted octanol–water partition coefficient (Wildman–Crippen LogP) is 2.95. The van der Waals surface area contributed by atoms with E-state index < -0.39 is 17.3 Å². The Hall–Kier alpha value is -2.71. The maximum atomic E-state index is 12.8. The molecule has 0 spiro atoms. The molecule has 2 N–H and O–H groups in total. The Morgan fingerprint density at radius 3 is 2.63 bits per heavy atom. The van der Waals surface area contributed by atoms with Crippen molar-refractivity contribution in [1.29, 1.82) is 0 Å². The predicted molar refractivity (Wildman–Crippen MR) is 93.9 cm³/mol. The second-order valence-electron chi connectivity index (χ2n) is 6.56. The van der Waals surface area contributed by atoms with E-state index in [0.717, 1.165) is 18.6 Å². The number of hydrogen-bond donors (Lipinski definition) is 2. The van der Waals surface area contributed by atoms with E-state index in [4.69, 9.17) is 0 Å². The Balaban J connectivity index is 2.04. The van der Waals surface area contributed by atoms with E-state index in [-0.39, 0.29) is 35.8 Å². The van der Waals surface area contributed by atoms with Gasteiger partial charge in [0.15, 0.2) is 5.82 Å². The number of hydrogen-bond acceptors (Lipinski definition) is 4. The highest BCUT2D eigenvalue weighted by Crippen LogP contribution is 2.31. The maximum Gasteiger partial charge on any atom is 0.416 e. The van der Waals surface area contributed by atoms with Crippen molar-refractivity contribution in [2.75, 3.05) is 6.54 Å². The molecule has 146 valence electrons. The summed E-state index contributed by atoms with van der Waals surface area (Å²) in [6, 6.07) is 4.45. The van der Waals surface area contributed by atoms with Crippen molar-refractivity contribution in [3.05, 3.63) is 45.9 Å². The van der Waals surface area contributed by atoms with Gasteiger partial charge in [0.2, 0.25) is 5.91 Å². The Kier molecular flexibility index (Phi) is 6.70. The van der Waals surface area contributed by atoms with Gasteiger partial charge in [0.25, 0.3) is 5.56 Å². The average molecular weight is 382 g/mol. The molecule has 27 heavy (non-hydrogen) atoms. The second kappa shape index (κ2) is 8.79. The number of aryl methyl sites for hydroxylation is 1. The molecule has 0 atom stereocenters. The number of carbonyl (C=O) groups excluding carboxylic acids is 1. The third-order valence-electron chi connectivity index (χ3n) is 3.86. The summed E-state index contributed by atoms with van der Waals surface area (Å²) in [4.78, 5) is 26.3. The smallest absolute Gasteiger partial charge is 0.356 e. The average Bonchev–Trinajstić information content (AvgIpc) is 2.59. The Morgan fingerprint density at radius 2 is 2.00 bits per heavy atom. The van der Waals surface area contributed by atoms with Gasteiger partial charge in [-0.1, -0.05) is 26.0 Å². The van der Waals surface area contributed by atoms with Gasteiger partial charge in [-0.15, -0.1) is 10.2 Å². The molecule has 2 rings (SSSR count). The lowest BCUT2D eigenvalue weighted by Crippen LogP contribution is -2.27. The van der Waals surface area contributed by atoms with Crippen LogP contribution in [0.3, 0.4) is 0 Å². The molecule has 0 radical (unpaired) electrons. The number of alkyl halides is 3. The number of aromatic amines is 1. The number of halogens is 3. The molecule has 0 unspecified atom stereocenters. The molecule has 0 fully saturated rings. The number of rotatable bonds is 7. The molecule has 0 saturated carbocycles. The molecular formula is C18H21F3N4O2.